The lowest BCUT2D eigenvalue weighted by Gasteiger charge is -2.34. The Morgan fingerprint density at radius 3 is 2.57 bits per heavy atom. The molecule has 2 aromatic rings. The zero-order valence-corrected chi connectivity index (χ0v) is 15.6. The molecule has 9 heteroatoms. The van der Waals surface area contributed by atoms with E-state index in [1.54, 1.807) is 12.1 Å². The first-order chi connectivity index (χ1) is 13.4. The quantitative estimate of drug-likeness (QED) is 0.476. The number of furan rings is 1. The van der Waals surface area contributed by atoms with E-state index in [9.17, 15) is 19.7 Å². The van der Waals surface area contributed by atoms with Crippen LogP contribution in [0.15, 0.2) is 34.9 Å². The number of amides is 1. The topological polar surface area (TPSA) is 115 Å². The molecule has 1 amide bonds. The highest BCUT2D eigenvalue weighted by Gasteiger charge is 2.26. The first kappa shape index (κ1) is 19.4. The van der Waals surface area contributed by atoms with Crippen LogP contribution in [0.25, 0.3) is 0 Å². The molecule has 0 radical (unpaired) electrons. The van der Waals surface area contributed by atoms with Crippen LogP contribution < -0.4 is 10.2 Å². The zero-order chi connectivity index (χ0) is 20.3. The maximum absolute atomic E-state index is 12.3. The van der Waals surface area contributed by atoms with Gasteiger partial charge in [0.1, 0.15) is 0 Å². The Labute approximate surface area is 161 Å². The van der Waals surface area contributed by atoms with Crippen molar-refractivity contribution in [3.05, 3.63) is 57.5 Å². The molecule has 3 rings (SSSR count). The number of ether oxygens (including phenoxy) is 1. The maximum Gasteiger partial charge on any atom is 0.340 e. The van der Waals surface area contributed by atoms with Crippen LogP contribution in [0.1, 0.15) is 39.3 Å². The average Bonchev–Trinajstić information content (AvgIpc) is 3.13. The lowest BCUT2D eigenvalue weighted by Crippen LogP contribution is -2.45. The fraction of sp³-hybridized carbons (Fsp3) is 0.368. The molecule has 0 spiro atoms. The van der Waals surface area contributed by atoms with Gasteiger partial charge in [0, 0.05) is 36.8 Å². The van der Waals surface area contributed by atoms with E-state index in [4.69, 9.17) is 9.15 Å². The lowest BCUT2D eigenvalue weighted by atomic mass is 10.0. The Kier molecular flexibility index (Phi) is 5.62. The summed E-state index contributed by atoms with van der Waals surface area (Å²) in [7, 11) is 1.24. The van der Waals surface area contributed by atoms with Gasteiger partial charge in [-0.2, -0.15) is 0 Å². The van der Waals surface area contributed by atoms with Gasteiger partial charge in [-0.05, 0) is 31.9 Å². The summed E-state index contributed by atoms with van der Waals surface area (Å²) >= 11 is 0. The minimum atomic E-state index is -0.623. The third-order valence-corrected chi connectivity index (χ3v) is 4.84. The van der Waals surface area contributed by atoms with Crippen LogP contribution in [-0.2, 0) is 4.74 Å². The Bertz CT molecular complexity index is 899. The molecule has 28 heavy (non-hydrogen) atoms. The summed E-state index contributed by atoms with van der Waals surface area (Å²) in [4.78, 5) is 36.8. The molecule has 0 aliphatic carbocycles. The van der Waals surface area contributed by atoms with E-state index in [1.165, 1.54) is 25.5 Å². The summed E-state index contributed by atoms with van der Waals surface area (Å²) in [5, 5.41) is 14.0. The van der Waals surface area contributed by atoms with E-state index in [-0.39, 0.29) is 23.2 Å². The Morgan fingerprint density at radius 1 is 1.29 bits per heavy atom. The molecule has 2 heterocycles. The number of non-ortho nitro benzene ring substituents is 1. The molecule has 1 N–H and O–H groups in total. The van der Waals surface area contributed by atoms with Crippen molar-refractivity contribution in [2.24, 2.45) is 0 Å². The zero-order valence-electron chi connectivity index (χ0n) is 15.6. The Balaban J connectivity index is 1.69. The van der Waals surface area contributed by atoms with E-state index in [0.29, 0.717) is 37.4 Å². The number of hydrogen-bond donors (Lipinski definition) is 1. The molecule has 0 atom stereocenters. The van der Waals surface area contributed by atoms with Crippen LogP contribution in [0.4, 0.5) is 11.4 Å². The highest BCUT2D eigenvalue weighted by atomic mass is 16.6. The number of piperidine rings is 1. The largest absolute Gasteiger partial charge is 0.465 e. The molecule has 0 unspecified atom stereocenters. The smallest absolute Gasteiger partial charge is 0.340 e. The van der Waals surface area contributed by atoms with Gasteiger partial charge in [0.05, 0.1) is 29.5 Å². The Hall–Kier alpha value is -3.36. The van der Waals surface area contributed by atoms with Crippen molar-refractivity contribution in [1.29, 1.82) is 0 Å². The average molecular weight is 387 g/mol. The number of carbonyl (C=O) groups is 2. The van der Waals surface area contributed by atoms with Crippen LogP contribution in [0.3, 0.4) is 0 Å². The predicted molar refractivity (Wildman–Crippen MR) is 101 cm³/mol. The van der Waals surface area contributed by atoms with Crippen molar-refractivity contribution in [1.82, 2.24) is 5.32 Å². The number of esters is 1. The molecule has 1 aromatic carbocycles. The number of nitro benzene ring substituents is 1. The van der Waals surface area contributed by atoms with Crippen molar-refractivity contribution < 1.29 is 23.7 Å². The van der Waals surface area contributed by atoms with Crippen molar-refractivity contribution in [2.75, 3.05) is 25.1 Å². The minimum absolute atomic E-state index is 0.0205. The molecule has 1 aliphatic heterocycles. The monoisotopic (exact) mass is 387 g/mol. The van der Waals surface area contributed by atoms with Crippen molar-refractivity contribution >= 4 is 23.3 Å². The number of nitro groups is 1. The fourth-order valence-corrected chi connectivity index (χ4v) is 3.31. The van der Waals surface area contributed by atoms with Crippen LogP contribution in [0.5, 0.6) is 0 Å². The summed E-state index contributed by atoms with van der Waals surface area (Å²) in [6, 6.07) is 5.88. The standard InChI is InChI=1S/C19H21N3O6/c1-12-7-10-28-17(12)18(23)20-13-5-8-21(9-6-13)16-4-3-14(22(25)26)11-15(16)19(24)27-2/h3-4,7,10-11,13H,5-6,8-9H2,1-2H3,(H,20,23). The van der Waals surface area contributed by atoms with Gasteiger partial charge in [-0.15, -0.1) is 0 Å². The van der Waals surface area contributed by atoms with Gasteiger partial charge in [0.2, 0.25) is 0 Å². The normalized spacial score (nSPS) is 14.6. The van der Waals surface area contributed by atoms with Gasteiger partial charge >= 0.3 is 5.97 Å². The summed E-state index contributed by atoms with van der Waals surface area (Å²) in [6.07, 6.45) is 2.82. The summed E-state index contributed by atoms with van der Waals surface area (Å²) < 4.78 is 9.99. The number of rotatable bonds is 5. The van der Waals surface area contributed by atoms with Crippen molar-refractivity contribution in [3.8, 4) is 0 Å². The molecule has 148 valence electrons. The van der Waals surface area contributed by atoms with Crippen LogP contribution >= 0.6 is 0 Å². The fourth-order valence-electron chi connectivity index (χ4n) is 3.31. The number of aryl methyl sites for hydroxylation is 1. The molecule has 1 fully saturated rings. The van der Waals surface area contributed by atoms with Gasteiger partial charge < -0.3 is 19.4 Å². The highest BCUT2D eigenvalue weighted by Crippen LogP contribution is 2.28. The van der Waals surface area contributed by atoms with Crippen LogP contribution in [0.2, 0.25) is 0 Å². The molecule has 9 nitrogen and oxygen atoms in total. The van der Waals surface area contributed by atoms with Gasteiger partial charge in [-0.25, -0.2) is 4.79 Å². The van der Waals surface area contributed by atoms with Crippen molar-refractivity contribution in [2.45, 2.75) is 25.8 Å². The van der Waals surface area contributed by atoms with Crippen LogP contribution in [-0.4, -0.2) is 43.0 Å². The summed E-state index contributed by atoms with van der Waals surface area (Å²) in [6.45, 7) is 2.98. The maximum atomic E-state index is 12.3. The molecular formula is C19H21N3O6. The number of carbonyl (C=O) groups excluding carboxylic acids is 2. The first-order valence-corrected chi connectivity index (χ1v) is 8.87. The van der Waals surface area contributed by atoms with Gasteiger partial charge in [0.15, 0.2) is 5.76 Å². The molecular weight excluding hydrogens is 366 g/mol. The van der Waals surface area contributed by atoms with E-state index >= 15 is 0 Å². The second-order valence-electron chi connectivity index (χ2n) is 6.62. The van der Waals surface area contributed by atoms with Crippen LogP contribution in [0, 0.1) is 17.0 Å². The second-order valence-corrected chi connectivity index (χ2v) is 6.62. The number of hydrogen-bond acceptors (Lipinski definition) is 7. The van der Waals surface area contributed by atoms with E-state index < -0.39 is 10.9 Å². The predicted octanol–water partition coefficient (Wildman–Crippen LogP) is 2.68. The third-order valence-electron chi connectivity index (χ3n) is 4.84. The van der Waals surface area contributed by atoms with Crippen molar-refractivity contribution in [3.63, 3.8) is 0 Å². The minimum Gasteiger partial charge on any atom is -0.465 e. The summed E-state index contributed by atoms with van der Waals surface area (Å²) in [5.41, 5.74) is 1.36. The van der Waals surface area contributed by atoms with E-state index in [2.05, 4.69) is 5.32 Å². The molecule has 1 aliphatic rings. The van der Waals surface area contributed by atoms with Gasteiger partial charge in [-0.1, -0.05) is 0 Å². The van der Waals surface area contributed by atoms with Gasteiger partial charge in [0.25, 0.3) is 11.6 Å². The number of methoxy groups -OCH3 is 1. The molecule has 0 bridgehead atoms. The summed E-state index contributed by atoms with van der Waals surface area (Å²) in [5.74, 6) is -0.556. The van der Waals surface area contributed by atoms with Gasteiger partial charge in [-0.3, -0.25) is 14.9 Å². The van der Waals surface area contributed by atoms with E-state index in [1.807, 2.05) is 11.8 Å². The Morgan fingerprint density at radius 2 is 2.00 bits per heavy atom. The van der Waals surface area contributed by atoms with E-state index in [0.717, 1.165) is 5.56 Å². The lowest BCUT2D eigenvalue weighted by molar-refractivity contribution is -0.384. The number of nitrogens with zero attached hydrogens (tertiary/aromatic N) is 2. The first-order valence-electron chi connectivity index (χ1n) is 8.87. The molecule has 1 saturated heterocycles. The number of nitrogens with one attached hydrogen (secondary N) is 1. The SMILES string of the molecule is COC(=O)c1cc([N+](=O)[O-])ccc1N1CCC(NC(=O)c2occc2C)CC1. The number of anilines is 1. The third kappa shape index (κ3) is 3.98. The second kappa shape index (κ2) is 8.12. The highest BCUT2D eigenvalue weighted by molar-refractivity contribution is 5.96. The number of benzene rings is 1. The molecule has 1 aromatic heterocycles. The molecule has 0 saturated carbocycles.